The van der Waals surface area contributed by atoms with Gasteiger partial charge in [-0.1, -0.05) is 48.5 Å². The van der Waals surface area contributed by atoms with Gasteiger partial charge in [0.2, 0.25) is 0 Å². The first-order valence-electron chi connectivity index (χ1n) is 9.10. The highest BCUT2D eigenvalue weighted by atomic mass is 32.2. The van der Waals surface area contributed by atoms with Crippen LogP contribution in [-0.2, 0) is 0 Å². The number of hydrogen-bond acceptors (Lipinski definition) is 4. The number of nitrogens with zero attached hydrogens (tertiary/aromatic N) is 2. The molecule has 0 radical (unpaired) electrons. The van der Waals surface area contributed by atoms with E-state index in [9.17, 15) is 0 Å². The molecule has 0 aliphatic rings. The monoisotopic (exact) mass is 400 g/mol. The van der Waals surface area contributed by atoms with Crippen molar-refractivity contribution in [1.29, 1.82) is 10.5 Å². The van der Waals surface area contributed by atoms with E-state index in [0.717, 1.165) is 11.5 Å². The van der Waals surface area contributed by atoms with Crippen molar-refractivity contribution in [2.24, 2.45) is 0 Å². The molecule has 138 valence electrons. The summed E-state index contributed by atoms with van der Waals surface area (Å²) in [5, 5.41) is 17.2. The lowest BCUT2D eigenvalue weighted by molar-refractivity contribution is 1.23. The normalized spacial score (nSPS) is 10.2. The summed E-state index contributed by atoms with van der Waals surface area (Å²) < 4.78 is 0. The molecule has 0 bridgehead atoms. The average molecular weight is 401 g/mol. The molecule has 4 heteroatoms. The largest absolute Gasteiger partial charge is 0.198 e. The first-order valence-corrected chi connectivity index (χ1v) is 11.1. The molecule has 3 aromatic rings. The Morgan fingerprint density at radius 2 is 0.786 bits per heavy atom. The number of rotatable bonds is 8. The van der Waals surface area contributed by atoms with Gasteiger partial charge in [-0.2, -0.15) is 10.5 Å². The van der Waals surface area contributed by atoms with Crippen LogP contribution in [0.3, 0.4) is 0 Å². The fourth-order valence-electron chi connectivity index (χ4n) is 2.77. The van der Waals surface area contributed by atoms with Gasteiger partial charge in [-0.3, -0.25) is 0 Å². The minimum Gasteiger partial charge on any atom is -0.198 e. The molecule has 0 saturated carbocycles. The van der Waals surface area contributed by atoms with Crippen molar-refractivity contribution in [3.8, 4) is 34.4 Å². The Morgan fingerprint density at radius 3 is 1.07 bits per heavy atom. The standard InChI is InChI=1S/C24H20N2S2/c25-15-1-17-27-23-11-7-21(8-12-23)19-3-5-20(6-4-19)22-9-13-24(14-10-22)28-18-2-16-26/h3-14H,1-2,17-18H2. The zero-order valence-corrected chi connectivity index (χ0v) is 17.1. The Hall–Kier alpha value is -2.66. The van der Waals surface area contributed by atoms with E-state index in [1.54, 1.807) is 23.5 Å². The predicted octanol–water partition coefficient (Wildman–Crippen LogP) is 7.03. The summed E-state index contributed by atoms with van der Waals surface area (Å²) in [6.07, 6.45) is 1.15. The maximum absolute atomic E-state index is 8.62. The van der Waals surface area contributed by atoms with Crippen LogP contribution in [0.1, 0.15) is 12.8 Å². The van der Waals surface area contributed by atoms with Crippen LogP contribution in [-0.4, -0.2) is 11.5 Å². The van der Waals surface area contributed by atoms with Crippen molar-refractivity contribution in [3.63, 3.8) is 0 Å². The van der Waals surface area contributed by atoms with Crippen LogP contribution in [0.2, 0.25) is 0 Å². The molecule has 0 amide bonds. The van der Waals surface area contributed by atoms with Crippen molar-refractivity contribution < 1.29 is 0 Å². The summed E-state index contributed by atoms with van der Waals surface area (Å²) in [6, 6.07) is 30.0. The minimum absolute atomic E-state index is 0.577. The lowest BCUT2D eigenvalue weighted by Crippen LogP contribution is -1.82. The molecule has 0 saturated heterocycles. The molecule has 0 atom stereocenters. The highest BCUT2D eigenvalue weighted by Crippen LogP contribution is 2.28. The molecular formula is C24H20N2S2. The van der Waals surface area contributed by atoms with Crippen LogP contribution >= 0.6 is 23.5 Å². The van der Waals surface area contributed by atoms with Gasteiger partial charge in [0.05, 0.1) is 12.1 Å². The predicted molar refractivity (Wildman–Crippen MR) is 119 cm³/mol. The van der Waals surface area contributed by atoms with E-state index in [1.807, 2.05) is 0 Å². The topological polar surface area (TPSA) is 47.6 Å². The average Bonchev–Trinajstić information content (AvgIpc) is 2.75. The third-order valence-corrected chi connectivity index (χ3v) is 6.25. The van der Waals surface area contributed by atoms with Gasteiger partial charge in [-0.15, -0.1) is 23.5 Å². The van der Waals surface area contributed by atoms with Gasteiger partial charge in [0, 0.05) is 34.1 Å². The summed E-state index contributed by atoms with van der Waals surface area (Å²) in [7, 11) is 0. The molecule has 0 spiro atoms. The Bertz CT molecular complexity index is 881. The molecule has 0 N–H and O–H groups in total. The molecule has 0 aromatic heterocycles. The van der Waals surface area contributed by atoms with Crippen LogP contribution in [0.5, 0.6) is 0 Å². The first kappa shape index (κ1) is 20.1. The number of benzene rings is 3. The van der Waals surface area contributed by atoms with Crippen LogP contribution in [0.15, 0.2) is 82.6 Å². The van der Waals surface area contributed by atoms with Crippen molar-refractivity contribution in [2.45, 2.75) is 22.6 Å². The van der Waals surface area contributed by atoms with Crippen LogP contribution in [0, 0.1) is 22.7 Å². The maximum atomic E-state index is 8.62. The van der Waals surface area contributed by atoms with Gasteiger partial charge in [-0.25, -0.2) is 0 Å². The summed E-state index contributed by atoms with van der Waals surface area (Å²) in [6.45, 7) is 0. The van der Waals surface area contributed by atoms with Crippen molar-refractivity contribution >= 4 is 23.5 Å². The lowest BCUT2D eigenvalue weighted by atomic mass is 10.0. The Labute approximate surface area is 175 Å². The fraction of sp³-hybridized carbons (Fsp3) is 0.167. The third-order valence-electron chi connectivity index (χ3n) is 4.23. The molecule has 0 aliphatic carbocycles. The molecule has 3 rings (SSSR count). The van der Waals surface area contributed by atoms with Gasteiger partial charge in [0.1, 0.15) is 0 Å². The number of hydrogen-bond donors (Lipinski definition) is 0. The smallest absolute Gasteiger partial charge is 0.0630 e. The van der Waals surface area contributed by atoms with E-state index < -0.39 is 0 Å². The lowest BCUT2D eigenvalue weighted by Gasteiger charge is -2.07. The fourth-order valence-corrected chi connectivity index (χ4v) is 4.29. The van der Waals surface area contributed by atoms with Crippen LogP contribution in [0.25, 0.3) is 22.3 Å². The Balaban J connectivity index is 1.65. The number of thioether (sulfide) groups is 2. The highest BCUT2D eigenvalue weighted by molar-refractivity contribution is 7.99. The van der Waals surface area contributed by atoms with E-state index >= 15 is 0 Å². The molecule has 28 heavy (non-hydrogen) atoms. The van der Waals surface area contributed by atoms with Gasteiger partial charge in [-0.05, 0) is 46.5 Å². The second kappa shape index (κ2) is 10.6. The van der Waals surface area contributed by atoms with Gasteiger partial charge >= 0.3 is 0 Å². The van der Waals surface area contributed by atoms with Crippen LogP contribution < -0.4 is 0 Å². The van der Waals surface area contributed by atoms with Crippen molar-refractivity contribution in [3.05, 3.63) is 72.8 Å². The van der Waals surface area contributed by atoms with Crippen LogP contribution in [0.4, 0.5) is 0 Å². The highest BCUT2D eigenvalue weighted by Gasteiger charge is 2.02. The molecule has 0 fully saturated rings. The molecule has 2 nitrogen and oxygen atoms in total. The summed E-state index contributed by atoms with van der Waals surface area (Å²) in [4.78, 5) is 2.40. The molecular weight excluding hydrogens is 380 g/mol. The molecule has 0 unspecified atom stereocenters. The van der Waals surface area contributed by atoms with E-state index in [4.69, 9.17) is 10.5 Å². The molecule has 0 aliphatic heterocycles. The third kappa shape index (κ3) is 5.67. The molecule has 3 aromatic carbocycles. The van der Waals surface area contributed by atoms with Gasteiger partial charge in [0.25, 0.3) is 0 Å². The summed E-state index contributed by atoms with van der Waals surface area (Å²) in [5.41, 5.74) is 4.78. The second-order valence-corrected chi connectivity index (χ2v) is 8.48. The van der Waals surface area contributed by atoms with Crippen molar-refractivity contribution in [2.75, 3.05) is 11.5 Å². The van der Waals surface area contributed by atoms with E-state index in [-0.39, 0.29) is 0 Å². The van der Waals surface area contributed by atoms with Crippen molar-refractivity contribution in [1.82, 2.24) is 0 Å². The van der Waals surface area contributed by atoms with E-state index in [1.165, 1.54) is 32.0 Å². The number of nitriles is 2. The SMILES string of the molecule is N#CCCSc1ccc(-c2ccc(-c3ccc(SCCC#N)cc3)cc2)cc1. The second-order valence-electron chi connectivity index (χ2n) is 6.14. The summed E-state index contributed by atoms with van der Waals surface area (Å²) in [5.74, 6) is 1.67. The maximum Gasteiger partial charge on any atom is 0.0630 e. The minimum atomic E-state index is 0.577. The van der Waals surface area contributed by atoms with E-state index in [2.05, 4.69) is 84.9 Å². The Morgan fingerprint density at radius 1 is 0.500 bits per heavy atom. The summed E-state index contributed by atoms with van der Waals surface area (Å²) >= 11 is 3.43. The first-order chi connectivity index (χ1) is 13.8. The van der Waals surface area contributed by atoms with Gasteiger partial charge < -0.3 is 0 Å². The zero-order chi connectivity index (χ0) is 19.6. The van der Waals surface area contributed by atoms with E-state index in [0.29, 0.717) is 12.8 Å². The quantitative estimate of drug-likeness (QED) is 0.301. The van der Waals surface area contributed by atoms with Gasteiger partial charge in [0.15, 0.2) is 0 Å². The molecule has 0 heterocycles. The Kier molecular flexibility index (Phi) is 7.62. The zero-order valence-electron chi connectivity index (χ0n) is 15.5.